The van der Waals surface area contributed by atoms with Gasteiger partial charge in [0.2, 0.25) is 0 Å². The van der Waals surface area contributed by atoms with Crippen LogP contribution in [0.3, 0.4) is 0 Å². The fourth-order valence-corrected chi connectivity index (χ4v) is 8.88. The fourth-order valence-electron chi connectivity index (χ4n) is 7.88. The van der Waals surface area contributed by atoms with E-state index in [9.17, 15) is 0 Å². The second-order valence-corrected chi connectivity index (χ2v) is 14.2. The number of fused-ring (bicyclic) bond motifs is 9. The number of rotatable bonds is 4. The highest BCUT2D eigenvalue weighted by molar-refractivity contribution is 7.25. The van der Waals surface area contributed by atoms with Crippen LogP contribution in [0, 0.1) is 0 Å². The summed E-state index contributed by atoms with van der Waals surface area (Å²) in [5, 5.41) is 7.33. The molecule has 0 atom stereocenters. The summed E-state index contributed by atoms with van der Waals surface area (Å²) in [5.41, 5.74) is 11.2. The van der Waals surface area contributed by atoms with Crippen LogP contribution in [0.4, 0.5) is 0 Å². The topological polar surface area (TPSA) is 35.6 Å². The summed E-state index contributed by atoms with van der Waals surface area (Å²) < 4.78 is 7.03. The Morgan fingerprint density at radius 3 is 1.24 bits per heavy atom. The predicted molar refractivity (Wildman–Crippen MR) is 214 cm³/mol. The van der Waals surface area contributed by atoms with Gasteiger partial charge in [0.05, 0.1) is 42.9 Å². The first-order valence-corrected chi connectivity index (χ1v) is 18.0. The Morgan fingerprint density at radius 1 is 0.353 bits per heavy atom. The van der Waals surface area contributed by atoms with Gasteiger partial charge >= 0.3 is 0 Å². The lowest BCUT2D eigenvalue weighted by molar-refractivity contribution is 1.18. The summed E-state index contributed by atoms with van der Waals surface area (Å²) in [7, 11) is 0. The molecule has 0 radical (unpaired) electrons. The van der Waals surface area contributed by atoms with Crippen molar-refractivity contribution in [3.63, 3.8) is 0 Å². The molecule has 0 aliphatic rings. The summed E-state index contributed by atoms with van der Waals surface area (Å²) in [4.78, 5) is 9.95. The largest absolute Gasteiger partial charge is 0.309 e. The first kappa shape index (κ1) is 28.3. The average Bonchev–Trinajstić information content (AvgIpc) is 3.85. The van der Waals surface area contributed by atoms with Crippen LogP contribution in [0.5, 0.6) is 0 Å². The van der Waals surface area contributed by atoms with E-state index in [-0.39, 0.29) is 0 Å². The van der Waals surface area contributed by atoms with E-state index < -0.39 is 0 Å². The van der Waals surface area contributed by atoms with Gasteiger partial charge in [0.15, 0.2) is 0 Å². The SMILES string of the molecule is c1ccc(-n2c3ccccc3c3cc(-c4cc5c(cn4)sc4cnc(-c6ccc7c(c6)c6ccccc6n7-c6ccccc6)cc45)ccc32)cc1. The minimum Gasteiger partial charge on any atom is -0.309 e. The van der Waals surface area contributed by atoms with E-state index in [4.69, 9.17) is 9.97 Å². The lowest BCUT2D eigenvalue weighted by atomic mass is 10.0. The van der Waals surface area contributed by atoms with Crippen LogP contribution in [-0.2, 0) is 0 Å². The Labute approximate surface area is 297 Å². The summed E-state index contributed by atoms with van der Waals surface area (Å²) in [6, 6.07) is 56.5. The molecule has 0 unspecified atom stereocenters. The minimum absolute atomic E-state index is 0.967. The first-order valence-electron chi connectivity index (χ1n) is 17.1. The molecule has 0 aliphatic heterocycles. The number of thiophene rings is 1. The number of benzene rings is 6. The fraction of sp³-hybridized carbons (Fsp3) is 0. The zero-order valence-corrected chi connectivity index (χ0v) is 28.2. The van der Waals surface area contributed by atoms with Crippen molar-refractivity contribution in [2.45, 2.75) is 0 Å². The second-order valence-electron chi connectivity index (χ2n) is 13.1. The highest BCUT2D eigenvalue weighted by Gasteiger charge is 2.17. The van der Waals surface area contributed by atoms with Crippen molar-refractivity contribution in [2.24, 2.45) is 0 Å². The third-order valence-electron chi connectivity index (χ3n) is 10.2. The molecule has 0 saturated heterocycles. The molecule has 6 aromatic carbocycles. The van der Waals surface area contributed by atoms with Gasteiger partial charge < -0.3 is 9.13 Å². The first-order chi connectivity index (χ1) is 25.3. The van der Waals surface area contributed by atoms with Gasteiger partial charge in [-0.05, 0) is 72.8 Å². The maximum absolute atomic E-state index is 4.98. The van der Waals surface area contributed by atoms with Crippen molar-refractivity contribution in [3.05, 3.63) is 170 Å². The number of aromatic nitrogens is 4. The van der Waals surface area contributed by atoms with Gasteiger partial charge in [0, 0.05) is 67.2 Å². The highest BCUT2D eigenvalue weighted by atomic mass is 32.1. The lowest BCUT2D eigenvalue weighted by Crippen LogP contribution is -1.93. The number of nitrogens with zero attached hydrogens (tertiary/aromatic N) is 4. The number of pyridine rings is 2. The Kier molecular flexibility index (Phi) is 6.09. The molecule has 238 valence electrons. The molecule has 51 heavy (non-hydrogen) atoms. The minimum atomic E-state index is 0.967. The summed E-state index contributed by atoms with van der Waals surface area (Å²) in [6.45, 7) is 0. The molecular weight excluding hydrogens is 641 g/mol. The van der Waals surface area contributed by atoms with E-state index in [1.54, 1.807) is 11.3 Å². The third-order valence-corrected chi connectivity index (χ3v) is 11.3. The van der Waals surface area contributed by atoms with E-state index in [1.165, 1.54) is 54.4 Å². The Morgan fingerprint density at radius 2 is 0.765 bits per heavy atom. The number of hydrogen-bond donors (Lipinski definition) is 0. The van der Waals surface area contributed by atoms with Gasteiger partial charge in [-0.25, -0.2) is 0 Å². The summed E-state index contributed by atoms with van der Waals surface area (Å²) in [5.74, 6) is 0. The van der Waals surface area contributed by atoms with Crippen LogP contribution >= 0.6 is 11.3 Å². The van der Waals surface area contributed by atoms with Gasteiger partial charge in [0.25, 0.3) is 0 Å². The maximum Gasteiger partial charge on any atom is 0.0709 e. The van der Waals surface area contributed by atoms with E-state index in [0.29, 0.717) is 0 Å². The van der Waals surface area contributed by atoms with Gasteiger partial charge in [-0.15, -0.1) is 11.3 Å². The van der Waals surface area contributed by atoms with Gasteiger partial charge in [-0.3, -0.25) is 9.97 Å². The van der Waals surface area contributed by atoms with E-state index >= 15 is 0 Å². The van der Waals surface area contributed by atoms with Crippen molar-refractivity contribution >= 4 is 75.1 Å². The van der Waals surface area contributed by atoms with Crippen LogP contribution in [-0.4, -0.2) is 19.1 Å². The molecule has 0 fully saturated rings. The Balaban J connectivity index is 1.04. The lowest BCUT2D eigenvalue weighted by Gasteiger charge is -2.08. The van der Waals surface area contributed by atoms with Crippen molar-refractivity contribution in [1.82, 2.24) is 19.1 Å². The summed E-state index contributed by atoms with van der Waals surface area (Å²) >= 11 is 1.75. The molecular formula is C46H28N4S. The van der Waals surface area contributed by atoms with Gasteiger partial charge in [-0.2, -0.15) is 0 Å². The van der Waals surface area contributed by atoms with E-state index in [1.807, 2.05) is 12.4 Å². The maximum atomic E-state index is 4.98. The Hall–Kier alpha value is -6.56. The average molecular weight is 669 g/mol. The number of hydrogen-bond acceptors (Lipinski definition) is 3. The van der Waals surface area contributed by atoms with Gasteiger partial charge in [-0.1, -0.05) is 84.9 Å². The van der Waals surface area contributed by atoms with Crippen molar-refractivity contribution in [3.8, 4) is 33.9 Å². The highest BCUT2D eigenvalue weighted by Crippen LogP contribution is 2.40. The molecule has 11 rings (SSSR count). The van der Waals surface area contributed by atoms with Crippen molar-refractivity contribution < 1.29 is 0 Å². The molecule has 0 N–H and O–H groups in total. The van der Waals surface area contributed by atoms with E-state index in [0.717, 1.165) is 43.3 Å². The van der Waals surface area contributed by atoms with E-state index in [2.05, 4.69) is 167 Å². The van der Waals surface area contributed by atoms with Crippen molar-refractivity contribution in [1.29, 1.82) is 0 Å². The second kappa shape index (κ2) is 11.0. The molecule has 0 bridgehead atoms. The van der Waals surface area contributed by atoms with Crippen LogP contribution in [0.2, 0.25) is 0 Å². The van der Waals surface area contributed by atoms with Crippen LogP contribution in [0.25, 0.3) is 97.7 Å². The zero-order valence-electron chi connectivity index (χ0n) is 27.4. The molecule has 5 aromatic heterocycles. The van der Waals surface area contributed by atoms with Gasteiger partial charge in [0.1, 0.15) is 0 Å². The molecule has 0 aliphatic carbocycles. The Bertz CT molecular complexity index is 2920. The molecule has 0 amide bonds. The number of para-hydroxylation sites is 4. The molecule has 5 heterocycles. The van der Waals surface area contributed by atoms with Crippen LogP contribution in [0.15, 0.2) is 170 Å². The zero-order chi connectivity index (χ0) is 33.5. The predicted octanol–water partition coefficient (Wildman–Crippen LogP) is 12.4. The molecule has 5 heteroatoms. The molecule has 11 aromatic rings. The molecule has 0 saturated carbocycles. The van der Waals surface area contributed by atoms with Crippen molar-refractivity contribution in [2.75, 3.05) is 0 Å². The third kappa shape index (κ3) is 4.32. The molecule has 0 spiro atoms. The molecule has 4 nitrogen and oxygen atoms in total. The van der Waals surface area contributed by atoms with Crippen LogP contribution in [0.1, 0.15) is 0 Å². The normalized spacial score (nSPS) is 11.9. The van der Waals surface area contributed by atoms with Crippen LogP contribution < -0.4 is 0 Å². The smallest absolute Gasteiger partial charge is 0.0709 e. The standard InChI is InChI=1S/C46H28N4S/c1-3-11-31(12-4-1)49-41-17-9-7-15-33(41)35-23-29(19-21-43(35)49)39-25-37-38-26-40(48-28-46(38)51-45(37)27-47-39)30-20-22-44-36(24-30)34-16-8-10-18-42(34)50(44)32-13-5-2-6-14-32/h1-28H. The monoisotopic (exact) mass is 668 g/mol. The quantitative estimate of drug-likeness (QED) is 0.187. The summed E-state index contributed by atoms with van der Waals surface area (Å²) in [6.07, 6.45) is 4.05.